The standard InChI is InChI=1S/C21H26N2O3/c1-16-3-7-18(8-4-16)25-15-21(24)22-17-5-9-19(10-6-17)26-20-11-13-23(2)14-12-20/h3-10,20H,11-15H2,1-2H3,(H,22,24). The summed E-state index contributed by atoms with van der Waals surface area (Å²) in [7, 11) is 2.14. The van der Waals surface area contributed by atoms with Crippen LogP contribution in [-0.4, -0.2) is 43.7 Å². The van der Waals surface area contributed by atoms with Gasteiger partial charge in [-0.3, -0.25) is 4.79 Å². The first-order valence-electron chi connectivity index (χ1n) is 9.03. The molecule has 1 aliphatic heterocycles. The summed E-state index contributed by atoms with van der Waals surface area (Å²) in [5.41, 5.74) is 1.89. The quantitative estimate of drug-likeness (QED) is 0.863. The van der Waals surface area contributed by atoms with Gasteiger partial charge in [-0.15, -0.1) is 0 Å². The van der Waals surface area contributed by atoms with Crippen LogP contribution in [0.1, 0.15) is 18.4 Å². The van der Waals surface area contributed by atoms with Gasteiger partial charge in [0, 0.05) is 18.8 Å². The second-order valence-corrected chi connectivity index (χ2v) is 6.79. The Morgan fingerprint density at radius 3 is 2.31 bits per heavy atom. The molecule has 138 valence electrons. The van der Waals surface area contributed by atoms with Gasteiger partial charge in [0.2, 0.25) is 0 Å². The van der Waals surface area contributed by atoms with E-state index in [0.29, 0.717) is 5.75 Å². The van der Waals surface area contributed by atoms with Crippen LogP contribution < -0.4 is 14.8 Å². The van der Waals surface area contributed by atoms with Crippen molar-refractivity contribution >= 4 is 11.6 Å². The zero-order chi connectivity index (χ0) is 18.4. The van der Waals surface area contributed by atoms with E-state index < -0.39 is 0 Å². The average Bonchev–Trinajstić information content (AvgIpc) is 2.65. The summed E-state index contributed by atoms with van der Waals surface area (Å²) in [6.07, 6.45) is 2.37. The van der Waals surface area contributed by atoms with Crippen molar-refractivity contribution in [1.29, 1.82) is 0 Å². The molecule has 0 spiro atoms. The molecule has 3 rings (SSSR count). The Morgan fingerprint density at radius 2 is 1.65 bits per heavy atom. The molecular weight excluding hydrogens is 328 g/mol. The number of anilines is 1. The van der Waals surface area contributed by atoms with Crippen LogP contribution in [0.4, 0.5) is 5.69 Å². The number of hydrogen-bond donors (Lipinski definition) is 1. The normalized spacial score (nSPS) is 15.5. The predicted octanol–water partition coefficient (Wildman–Crippen LogP) is 3.49. The van der Waals surface area contributed by atoms with Crippen LogP contribution in [0.15, 0.2) is 48.5 Å². The molecule has 1 fully saturated rings. The van der Waals surface area contributed by atoms with Crippen LogP contribution in [0.3, 0.4) is 0 Å². The summed E-state index contributed by atoms with van der Waals surface area (Å²) in [4.78, 5) is 14.3. The minimum Gasteiger partial charge on any atom is -0.490 e. The molecular formula is C21H26N2O3. The van der Waals surface area contributed by atoms with Gasteiger partial charge < -0.3 is 19.7 Å². The van der Waals surface area contributed by atoms with Crippen LogP contribution in [0.2, 0.25) is 0 Å². The highest BCUT2D eigenvalue weighted by atomic mass is 16.5. The molecule has 0 bridgehead atoms. The van der Waals surface area contributed by atoms with Gasteiger partial charge in [0.15, 0.2) is 6.61 Å². The van der Waals surface area contributed by atoms with E-state index in [2.05, 4.69) is 17.3 Å². The zero-order valence-corrected chi connectivity index (χ0v) is 15.4. The maximum atomic E-state index is 12.0. The van der Waals surface area contributed by atoms with E-state index in [0.717, 1.165) is 42.9 Å². The number of ether oxygens (including phenoxy) is 2. The smallest absolute Gasteiger partial charge is 0.262 e. The Kier molecular flexibility index (Phi) is 6.12. The molecule has 0 unspecified atom stereocenters. The fourth-order valence-corrected chi connectivity index (χ4v) is 2.89. The first-order chi connectivity index (χ1) is 12.6. The number of nitrogens with zero attached hydrogens (tertiary/aromatic N) is 1. The lowest BCUT2D eigenvalue weighted by Gasteiger charge is -2.29. The van der Waals surface area contributed by atoms with Crippen molar-refractivity contribution in [2.75, 3.05) is 32.1 Å². The van der Waals surface area contributed by atoms with Gasteiger partial charge >= 0.3 is 0 Å². The minimum absolute atomic E-state index is 0.0170. The third-order valence-electron chi connectivity index (χ3n) is 4.50. The number of hydrogen-bond acceptors (Lipinski definition) is 4. The van der Waals surface area contributed by atoms with Crippen molar-refractivity contribution in [3.63, 3.8) is 0 Å². The molecule has 1 heterocycles. The molecule has 1 saturated heterocycles. The van der Waals surface area contributed by atoms with Crippen LogP contribution in [0.5, 0.6) is 11.5 Å². The van der Waals surface area contributed by atoms with Crippen LogP contribution in [0.25, 0.3) is 0 Å². The monoisotopic (exact) mass is 354 g/mol. The van der Waals surface area contributed by atoms with Gasteiger partial charge in [-0.1, -0.05) is 17.7 Å². The Labute approximate surface area is 154 Å². The third kappa shape index (κ3) is 5.49. The van der Waals surface area contributed by atoms with Crippen molar-refractivity contribution < 1.29 is 14.3 Å². The first kappa shape index (κ1) is 18.3. The lowest BCUT2D eigenvalue weighted by molar-refractivity contribution is -0.118. The number of amides is 1. The number of carbonyl (C=O) groups is 1. The van der Waals surface area contributed by atoms with E-state index >= 15 is 0 Å². The summed E-state index contributed by atoms with van der Waals surface area (Å²) in [6, 6.07) is 15.1. The third-order valence-corrected chi connectivity index (χ3v) is 4.50. The molecule has 0 radical (unpaired) electrons. The van der Waals surface area contributed by atoms with E-state index in [1.165, 1.54) is 0 Å². The molecule has 26 heavy (non-hydrogen) atoms. The van der Waals surface area contributed by atoms with Gasteiger partial charge in [-0.2, -0.15) is 0 Å². The SMILES string of the molecule is Cc1ccc(OCC(=O)Nc2ccc(OC3CCN(C)CC3)cc2)cc1. The topological polar surface area (TPSA) is 50.8 Å². The van der Waals surface area contributed by atoms with E-state index in [1.807, 2.05) is 55.5 Å². The molecule has 5 heteroatoms. The van der Waals surface area contributed by atoms with Crippen LogP contribution in [-0.2, 0) is 4.79 Å². The summed E-state index contributed by atoms with van der Waals surface area (Å²) < 4.78 is 11.5. The fourth-order valence-electron chi connectivity index (χ4n) is 2.89. The predicted molar refractivity (Wildman–Crippen MR) is 103 cm³/mol. The van der Waals surface area contributed by atoms with Crippen LogP contribution in [0, 0.1) is 6.92 Å². The molecule has 1 amide bonds. The number of nitrogens with one attached hydrogen (secondary N) is 1. The summed E-state index contributed by atoms with van der Waals surface area (Å²) in [5.74, 6) is 1.34. The number of benzene rings is 2. The average molecular weight is 354 g/mol. The largest absolute Gasteiger partial charge is 0.490 e. The molecule has 5 nitrogen and oxygen atoms in total. The molecule has 0 saturated carbocycles. The summed E-state index contributed by atoms with van der Waals surface area (Å²) in [6.45, 7) is 4.13. The lowest BCUT2D eigenvalue weighted by atomic mass is 10.1. The van der Waals surface area contributed by atoms with Gasteiger partial charge in [0.1, 0.15) is 17.6 Å². The molecule has 1 N–H and O–H groups in total. The van der Waals surface area contributed by atoms with Gasteiger partial charge in [-0.05, 0) is 63.2 Å². The molecule has 2 aromatic carbocycles. The highest BCUT2D eigenvalue weighted by Crippen LogP contribution is 2.21. The van der Waals surface area contributed by atoms with Gasteiger partial charge in [-0.25, -0.2) is 0 Å². The number of carbonyl (C=O) groups excluding carboxylic acids is 1. The van der Waals surface area contributed by atoms with Crippen molar-refractivity contribution in [3.8, 4) is 11.5 Å². The maximum Gasteiger partial charge on any atom is 0.262 e. The summed E-state index contributed by atoms with van der Waals surface area (Å²) >= 11 is 0. The fraction of sp³-hybridized carbons (Fsp3) is 0.381. The molecule has 0 atom stereocenters. The Hall–Kier alpha value is -2.53. The molecule has 1 aliphatic rings. The van der Waals surface area contributed by atoms with Gasteiger partial charge in [0.25, 0.3) is 5.91 Å². The highest BCUT2D eigenvalue weighted by Gasteiger charge is 2.17. The second-order valence-electron chi connectivity index (χ2n) is 6.79. The lowest BCUT2D eigenvalue weighted by Crippen LogP contribution is -2.35. The van der Waals surface area contributed by atoms with Crippen molar-refractivity contribution in [3.05, 3.63) is 54.1 Å². The Morgan fingerprint density at radius 1 is 1.04 bits per heavy atom. The Balaban J connectivity index is 1.44. The number of piperidine rings is 1. The second kappa shape index (κ2) is 8.72. The highest BCUT2D eigenvalue weighted by molar-refractivity contribution is 5.91. The number of rotatable bonds is 6. The van der Waals surface area contributed by atoms with Gasteiger partial charge in [0.05, 0.1) is 0 Å². The molecule has 0 aliphatic carbocycles. The Bertz CT molecular complexity index is 705. The number of aryl methyl sites for hydroxylation is 1. The van der Waals surface area contributed by atoms with E-state index in [1.54, 1.807) is 0 Å². The van der Waals surface area contributed by atoms with Crippen molar-refractivity contribution in [1.82, 2.24) is 4.90 Å². The van der Waals surface area contributed by atoms with Crippen molar-refractivity contribution in [2.45, 2.75) is 25.9 Å². The van der Waals surface area contributed by atoms with E-state index in [9.17, 15) is 4.79 Å². The molecule has 2 aromatic rings. The minimum atomic E-state index is -0.186. The molecule has 0 aromatic heterocycles. The zero-order valence-electron chi connectivity index (χ0n) is 15.4. The first-order valence-corrected chi connectivity index (χ1v) is 9.03. The number of likely N-dealkylation sites (tertiary alicyclic amines) is 1. The van der Waals surface area contributed by atoms with E-state index in [4.69, 9.17) is 9.47 Å². The van der Waals surface area contributed by atoms with Crippen LogP contribution >= 0.6 is 0 Å². The van der Waals surface area contributed by atoms with Crippen molar-refractivity contribution in [2.24, 2.45) is 0 Å². The maximum absolute atomic E-state index is 12.0. The van der Waals surface area contributed by atoms with E-state index in [-0.39, 0.29) is 18.6 Å². The summed E-state index contributed by atoms with van der Waals surface area (Å²) in [5, 5.41) is 2.83.